The summed E-state index contributed by atoms with van der Waals surface area (Å²) in [6, 6.07) is 15.1. The van der Waals surface area contributed by atoms with E-state index in [1.807, 2.05) is 63.2 Å². The Bertz CT molecular complexity index is 1040. The number of ether oxygens (including phenoxy) is 1. The summed E-state index contributed by atoms with van der Waals surface area (Å²) in [7, 11) is 0. The second-order valence-electron chi connectivity index (χ2n) is 7.00. The Balaban J connectivity index is 1.82. The van der Waals surface area contributed by atoms with Crippen LogP contribution in [-0.4, -0.2) is 27.6 Å². The minimum Gasteiger partial charge on any atom is -0.451 e. The fraction of sp³-hybridized carbons (Fsp3) is 0.261. The summed E-state index contributed by atoms with van der Waals surface area (Å²) in [5, 5.41) is 4.46. The molecular formula is C23H24N2O3. The molecule has 0 radical (unpaired) electrons. The lowest BCUT2D eigenvalue weighted by molar-refractivity contribution is 0.0317. The van der Waals surface area contributed by atoms with Gasteiger partial charge in [-0.05, 0) is 63.9 Å². The van der Waals surface area contributed by atoms with Gasteiger partial charge in [-0.3, -0.25) is 4.79 Å². The van der Waals surface area contributed by atoms with Crippen LogP contribution in [0.3, 0.4) is 0 Å². The maximum Gasteiger partial charge on any atom is 0.342 e. The van der Waals surface area contributed by atoms with Crippen molar-refractivity contribution in [2.75, 3.05) is 0 Å². The van der Waals surface area contributed by atoms with Crippen molar-refractivity contribution in [3.05, 3.63) is 82.2 Å². The quantitative estimate of drug-likeness (QED) is 0.485. The molecule has 1 atom stereocenters. The molecule has 1 aromatic heterocycles. The molecule has 0 amide bonds. The Morgan fingerprint density at radius 1 is 0.964 bits per heavy atom. The number of para-hydroxylation sites is 1. The van der Waals surface area contributed by atoms with Crippen LogP contribution < -0.4 is 0 Å². The van der Waals surface area contributed by atoms with Crippen molar-refractivity contribution in [1.29, 1.82) is 0 Å². The number of esters is 1. The van der Waals surface area contributed by atoms with Crippen LogP contribution in [0.2, 0.25) is 0 Å². The third-order valence-corrected chi connectivity index (χ3v) is 4.94. The van der Waals surface area contributed by atoms with Gasteiger partial charge in [0, 0.05) is 5.56 Å². The van der Waals surface area contributed by atoms with Crippen LogP contribution in [0.25, 0.3) is 5.69 Å². The molecule has 1 heterocycles. The monoisotopic (exact) mass is 376 g/mol. The standard InChI is InChI=1S/C23H24N2O3/c1-14-11-12-19(13-15(14)2)22(26)18(5)28-23(27)21-16(3)24-25(17(21)4)20-9-7-6-8-10-20/h6-13,18H,1-5H3/t18-/m1/s1. The molecule has 0 N–H and O–H groups in total. The third-order valence-electron chi connectivity index (χ3n) is 4.94. The largest absolute Gasteiger partial charge is 0.451 e. The highest BCUT2D eigenvalue weighted by Gasteiger charge is 2.25. The van der Waals surface area contributed by atoms with Gasteiger partial charge < -0.3 is 4.74 Å². The first-order valence-electron chi connectivity index (χ1n) is 9.23. The zero-order valence-electron chi connectivity index (χ0n) is 16.8. The smallest absolute Gasteiger partial charge is 0.342 e. The zero-order chi connectivity index (χ0) is 20.4. The lowest BCUT2D eigenvalue weighted by atomic mass is 10.0. The lowest BCUT2D eigenvalue weighted by Gasteiger charge is -2.13. The molecule has 5 nitrogen and oxygen atoms in total. The summed E-state index contributed by atoms with van der Waals surface area (Å²) in [6.45, 7) is 9.12. The second kappa shape index (κ2) is 7.80. The number of ketones is 1. The Labute approximate surface area is 165 Å². The molecule has 0 bridgehead atoms. The number of benzene rings is 2. The van der Waals surface area contributed by atoms with E-state index in [1.54, 1.807) is 24.6 Å². The van der Waals surface area contributed by atoms with Crippen LogP contribution >= 0.6 is 0 Å². The SMILES string of the molecule is Cc1ccc(C(=O)[C@@H](C)OC(=O)c2c(C)nn(-c3ccccc3)c2C)cc1C. The van der Waals surface area contributed by atoms with Crippen molar-refractivity contribution in [3.63, 3.8) is 0 Å². The zero-order valence-corrected chi connectivity index (χ0v) is 16.8. The van der Waals surface area contributed by atoms with E-state index in [2.05, 4.69) is 5.10 Å². The topological polar surface area (TPSA) is 61.2 Å². The van der Waals surface area contributed by atoms with E-state index in [0.29, 0.717) is 22.5 Å². The summed E-state index contributed by atoms with van der Waals surface area (Å²) in [4.78, 5) is 25.4. The molecule has 0 saturated heterocycles. The highest BCUT2D eigenvalue weighted by molar-refractivity contribution is 6.02. The van der Waals surface area contributed by atoms with E-state index in [0.717, 1.165) is 16.8 Å². The van der Waals surface area contributed by atoms with Gasteiger partial charge in [0.2, 0.25) is 5.78 Å². The molecule has 28 heavy (non-hydrogen) atoms. The Hall–Kier alpha value is -3.21. The molecule has 3 aromatic rings. The molecule has 0 aliphatic carbocycles. The number of aryl methyl sites for hydroxylation is 3. The molecule has 0 aliphatic rings. The van der Waals surface area contributed by atoms with Gasteiger partial charge in [-0.25, -0.2) is 9.48 Å². The number of nitrogens with zero attached hydrogens (tertiary/aromatic N) is 2. The number of aromatic nitrogens is 2. The first kappa shape index (κ1) is 19.5. The molecule has 0 unspecified atom stereocenters. The van der Waals surface area contributed by atoms with Crippen molar-refractivity contribution in [3.8, 4) is 5.69 Å². The maximum absolute atomic E-state index is 12.8. The number of hydrogen-bond donors (Lipinski definition) is 0. The molecule has 0 saturated carbocycles. The highest BCUT2D eigenvalue weighted by atomic mass is 16.5. The summed E-state index contributed by atoms with van der Waals surface area (Å²) in [6.07, 6.45) is -0.881. The Kier molecular flexibility index (Phi) is 5.45. The van der Waals surface area contributed by atoms with E-state index >= 15 is 0 Å². The van der Waals surface area contributed by atoms with E-state index in [-0.39, 0.29) is 5.78 Å². The number of carbonyl (C=O) groups is 2. The van der Waals surface area contributed by atoms with Crippen LogP contribution in [0.5, 0.6) is 0 Å². The molecule has 144 valence electrons. The van der Waals surface area contributed by atoms with Gasteiger partial charge in [-0.15, -0.1) is 0 Å². The molecule has 5 heteroatoms. The highest BCUT2D eigenvalue weighted by Crippen LogP contribution is 2.20. The van der Waals surface area contributed by atoms with Crippen LogP contribution in [0.15, 0.2) is 48.5 Å². The van der Waals surface area contributed by atoms with Crippen molar-refractivity contribution in [2.24, 2.45) is 0 Å². The minimum absolute atomic E-state index is 0.220. The van der Waals surface area contributed by atoms with Crippen LogP contribution in [-0.2, 0) is 4.74 Å². The average Bonchev–Trinajstić information content (AvgIpc) is 2.98. The molecular weight excluding hydrogens is 352 g/mol. The number of Topliss-reactive ketones (excluding diaryl/α,β-unsaturated/α-hetero) is 1. The Morgan fingerprint density at radius 3 is 2.29 bits per heavy atom. The fourth-order valence-electron chi connectivity index (χ4n) is 3.16. The van der Waals surface area contributed by atoms with Gasteiger partial charge in [0.1, 0.15) is 5.56 Å². The van der Waals surface area contributed by atoms with Crippen molar-refractivity contribution in [1.82, 2.24) is 9.78 Å². The molecule has 0 aliphatic heterocycles. The molecule has 0 spiro atoms. The van der Waals surface area contributed by atoms with Crippen molar-refractivity contribution < 1.29 is 14.3 Å². The van der Waals surface area contributed by atoms with E-state index < -0.39 is 12.1 Å². The predicted molar refractivity (Wildman–Crippen MR) is 108 cm³/mol. The second-order valence-corrected chi connectivity index (χ2v) is 7.00. The minimum atomic E-state index is -0.881. The predicted octanol–water partition coefficient (Wildman–Crippen LogP) is 4.53. The van der Waals surface area contributed by atoms with Crippen LogP contribution in [0.1, 0.15) is 50.2 Å². The Morgan fingerprint density at radius 2 is 1.64 bits per heavy atom. The van der Waals surface area contributed by atoms with Crippen molar-refractivity contribution in [2.45, 2.75) is 40.7 Å². The summed E-state index contributed by atoms with van der Waals surface area (Å²) in [5.74, 6) is -0.760. The summed E-state index contributed by atoms with van der Waals surface area (Å²) >= 11 is 0. The van der Waals surface area contributed by atoms with Gasteiger partial charge in [0.15, 0.2) is 6.10 Å². The van der Waals surface area contributed by atoms with E-state index in [1.165, 1.54) is 0 Å². The summed E-state index contributed by atoms with van der Waals surface area (Å²) < 4.78 is 7.20. The van der Waals surface area contributed by atoms with Crippen LogP contribution in [0.4, 0.5) is 0 Å². The fourth-order valence-corrected chi connectivity index (χ4v) is 3.16. The normalized spacial score (nSPS) is 11.9. The van der Waals surface area contributed by atoms with Gasteiger partial charge in [0.05, 0.1) is 17.1 Å². The lowest BCUT2D eigenvalue weighted by Crippen LogP contribution is -2.25. The molecule has 3 rings (SSSR count). The maximum atomic E-state index is 12.8. The van der Waals surface area contributed by atoms with Crippen LogP contribution in [0, 0.1) is 27.7 Å². The first-order valence-corrected chi connectivity index (χ1v) is 9.23. The van der Waals surface area contributed by atoms with Gasteiger partial charge in [0.25, 0.3) is 0 Å². The average molecular weight is 376 g/mol. The van der Waals surface area contributed by atoms with Gasteiger partial charge in [-0.2, -0.15) is 5.10 Å². The molecule has 0 fully saturated rings. The first-order chi connectivity index (χ1) is 13.3. The van der Waals surface area contributed by atoms with Gasteiger partial charge >= 0.3 is 5.97 Å². The summed E-state index contributed by atoms with van der Waals surface area (Å²) in [5.41, 5.74) is 5.18. The van der Waals surface area contributed by atoms with Gasteiger partial charge in [-0.1, -0.05) is 30.3 Å². The third kappa shape index (κ3) is 3.74. The molecule has 2 aromatic carbocycles. The number of carbonyl (C=O) groups excluding carboxylic acids is 2. The van der Waals surface area contributed by atoms with E-state index in [4.69, 9.17) is 4.74 Å². The number of hydrogen-bond acceptors (Lipinski definition) is 4. The number of rotatable bonds is 5. The van der Waals surface area contributed by atoms with E-state index in [9.17, 15) is 9.59 Å². The van der Waals surface area contributed by atoms with Crippen molar-refractivity contribution >= 4 is 11.8 Å².